The van der Waals surface area contributed by atoms with E-state index in [1.54, 1.807) is 30.3 Å². The Bertz CT molecular complexity index is 786. The van der Waals surface area contributed by atoms with E-state index in [0.717, 1.165) is 17.7 Å². The number of benzene rings is 1. The fourth-order valence-electron chi connectivity index (χ4n) is 3.39. The third kappa shape index (κ3) is 5.23. The summed E-state index contributed by atoms with van der Waals surface area (Å²) in [4.78, 5) is 18.8. The first kappa shape index (κ1) is 22.2. The van der Waals surface area contributed by atoms with Gasteiger partial charge in [0.15, 0.2) is 0 Å². The van der Waals surface area contributed by atoms with E-state index < -0.39 is 11.7 Å². The number of carbonyl (C=O) groups excluding carboxylic acids is 1. The van der Waals surface area contributed by atoms with E-state index in [0.29, 0.717) is 25.2 Å². The standard InChI is InChI=1S/C20H22F3N3O.ClH/c1-14(15-4-2-6-17(11-15)20(21,22)23)10-19(27)26-9-8-25-13-18(26)16-5-3-7-24-12-16;/h2-7,11-12,14,18,25H,8-10,13H2,1H3;1H. The van der Waals surface area contributed by atoms with E-state index in [1.165, 1.54) is 6.07 Å². The molecule has 152 valence electrons. The van der Waals surface area contributed by atoms with Gasteiger partial charge in [-0.3, -0.25) is 9.78 Å². The number of nitrogens with one attached hydrogen (secondary N) is 1. The van der Waals surface area contributed by atoms with Crippen LogP contribution in [0.1, 0.15) is 42.0 Å². The summed E-state index contributed by atoms with van der Waals surface area (Å²) in [6, 6.07) is 8.86. The Morgan fingerprint density at radius 1 is 1.32 bits per heavy atom. The Hall–Kier alpha value is -2.12. The molecule has 2 unspecified atom stereocenters. The molecule has 1 amide bonds. The van der Waals surface area contributed by atoms with Gasteiger partial charge in [0.05, 0.1) is 11.6 Å². The summed E-state index contributed by atoms with van der Waals surface area (Å²) in [7, 11) is 0. The van der Waals surface area contributed by atoms with Crippen LogP contribution in [0.5, 0.6) is 0 Å². The summed E-state index contributed by atoms with van der Waals surface area (Å²) in [5.74, 6) is -0.362. The Balaban J connectivity index is 0.00000280. The van der Waals surface area contributed by atoms with Crippen molar-refractivity contribution in [1.82, 2.24) is 15.2 Å². The number of aromatic nitrogens is 1. The zero-order valence-electron chi connectivity index (χ0n) is 15.4. The average Bonchev–Trinajstić information content (AvgIpc) is 2.68. The maximum absolute atomic E-state index is 12.9. The smallest absolute Gasteiger partial charge is 0.333 e. The first-order valence-corrected chi connectivity index (χ1v) is 8.93. The molecule has 1 aromatic heterocycles. The van der Waals surface area contributed by atoms with Crippen molar-refractivity contribution >= 4 is 18.3 Å². The lowest BCUT2D eigenvalue weighted by Crippen LogP contribution is -2.48. The predicted molar refractivity (Wildman–Crippen MR) is 103 cm³/mol. The number of hydrogen-bond acceptors (Lipinski definition) is 3. The van der Waals surface area contributed by atoms with Gasteiger partial charge in [-0.05, 0) is 29.2 Å². The number of nitrogens with zero attached hydrogens (tertiary/aromatic N) is 2. The van der Waals surface area contributed by atoms with Gasteiger partial charge in [-0.2, -0.15) is 13.2 Å². The first-order valence-electron chi connectivity index (χ1n) is 8.93. The molecule has 2 aromatic rings. The van der Waals surface area contributed by atoms with Gasteiger partial charge in [0.2, 0.25) is 5.91 Å². The molecule has 8 heteroatoms. The first-order chi connectivity index (χ1) is 12.9. The fraction of sp³-hybridized carbons (Fsp3) is 0.400. The van der Waals surface area contributed by atoms with Crippen LogP contribution in [0.4, 0.5) is 13.2 Å². The molecule has 1 N–H and O–H groups in total. The maximum Gasteiger partial charge on any atom is 0.416 e. The van der Waals surface area contributed by atoms with Crippen LogP contribution in [0, 0.1) is 0 Å². The molecule has 3 rings (SSSR count). The Labute approximate surface area is 168 Å². The molecule has 1 aromatic carbocycles. The van der Waals surface area contributed by atoms with Gasteiger partial charge in [0.1, 0.15) is 0 Å². The lowest BCUT2D eigenvalue weighted by molar-refractivity contribution is -0.137. The predicted octanol–water partition coefficient (Wildman–Crippen LogP) is 4.19. The van der Waals surface area contributed by atoms with Crippen LogP contribution in [0.2, 0.25) is 0 Å². The topological polar surface area (TPSA) is 45.2 Å². The van der Waals surface area contributed by atoms with Gasteiger partial charge in [0.25, 0.3) is 0 Å². The molecule has 1 saturated heterocycles. The zero-order chi connectivity index (χ0) is 19.4. The largest absolute Gasteiger partial charge is 0.416 e. The molecule has 2 atom stereocenters. The Morgan fingerprint density at radius 3 is 2.79 bits per heavy atom. The van der Waals surface area contributed by atoms with E-state index in [4.69, 9.17) is 0 Å². The van der Waals surface area contributed by atoms with Gasteiger partial charge in [0, 0.05) is 38.4 Å². The van der Waals surface area contributed by atoms with Gasteiger partial charge >= 0.3 is 6.18 Å². The lowest BCUT2D eigenvalue weighted by Gasteiger charge is -2.37. The Kier molecular flexibility index (Phi) is 7.43. The molecule has 0 spiro atoms. The normalized spacial score (nSPS) is 18.3. The zero-order valence-corrected chi connectivity index (χ0v) is 16.3. The molecule has 0 saturated carbocycles. The minimum Gasteiger partial charge on any atom is -0.333 e. The molecule has 0 radical (unpaired) electrons. The second kappa shape index (κ2) is 9.39. The van der Waals surface area contributed by atoms with E-state index in [1.807, 2.05) is 12.1 Å². The summed E-state index contributed by atoms with van der Waals surface area (Å²) in [6.45, 7) is 3.68. The van der Waals surface area contributed by atoms with Gasteiger partial charge in [-0.1, -0.05) is 31.2 Å². The molecule has 2 heterocycles. The van der Waals surface area contributed by atoms with Gasteiger partial charge in [-0.15, -0.1) is 12.4 Å². The molecular formula is C20H23ClF3N3O. The minimum atomic E-state index is -4.39. The number of amides is 1. The summed E-state index contributed by atoms with van der Waals surface area (Å²) in [5.41, 5.74) is 0.783. The molecule has 4 nitrogen and oxygen atoms in total. The van der Waals surface area contributed by atoms with Crippen LogP contribution < -0.4 is 5.32 Å². The van der Waals surface area contributed by atoms with Crippen molar-refractivity contribution < 1.29 is 18.0 Å². The van der Waals surface area contributed by atoms with Gasteiger partial charge < -0.3 is 10.2 Å². The quantitative estimate of drug-likeness (QED) is 0.817. The van der Waals surface area contributed by atoms with Crippen LogP contribution >= 0.6 is 12.4 Å². The maximum atomic E-state index is 12.9. The van der Waals surface area contributed by atoms with E-state index in [9.17, 15) is 18.0 Å². The highest BCUT2D eigenvalue weighted by molar-refractivity contribution is 5.85. The number of pyridine rings is 1. The molecule has 0 bridgehead atoms. The summed E-state index contributed by atoms with van der Waals surface area (Å²) >= 11 is 0. The monoisotopic (exact) mass is 413 g/mol. The van der Waals surface area contributed by atoms with Crippen molar-refractivity contribution in [3.63, 3.8) is 0 Å². The fourth-order valence-corrected chi connectivity index (χ4v) is 3.39. The Morgan fingerprint density at radius 2 is 2.11 bits per heavy atom. The average molecular weight is 414 g/mol. The number of alkyl halides is 3. The highest BCUT2D eigenvalue weighted by Crippen LogP contribution is 2.32. The third-order valence-electron chi connectivity index (χ3n) is 4.90. The molecule has 0 aliphatic carbocycles. The molecular weight excluding hydrogens is 391 g/mol. The van der Waals surface area contributed by atoms with E-state index in [2.05, 4.69) is 10.3 Å². The lowest BCUT2D eigenvalue weighted by atomic mass is 9.94. The van der Waals surface area contributed by atoms with Crippen molar-refractivity contribution in [1.29, 1.82) is 0 Å². The second-order valence-electron chi connectivity index (χ2n) is 6.82. The van der Waals surface area contributed by atoms with Crippen LogP contribution in [0.15, 0.2) is 48.8 Å². The number of piperazine rings is 1. The summed E-state index contributed by atoms with van der Waals surface area (Å²) in [5, 5.41) is 3.28. The van der Waals surface area contributed by atoms with Crippen LogP contribution in [-0.2, 0) is 11.0 Å². The molecule has 1 fully saturated rings. The SMILES string of the molecule is CC(CC(=O)N1CCNCC1c1cccnc1)c1cccc(C(F)(F)F)c1.Cl. The van der Waals surface area contributed by atoms with E-state index in [-0.39, 0.29) is 36.7 Å². The van der Waals surface area contributed by atoms with Crippen molar-refractivity contribution in [2.24, 2.45) is 0 Å². The van der Waals surface area contributed by atoms with Crippen LogP contribution in [0.25, 0.3) is 0 Å². The van der Waals surface area contributed by atoms with E-state index >= 15 is 0 Å². The van der Waals surface area contributed by atoms with Gasteiger partial charge in [-0.25, -0.2) is 0 Å². The van der Waals surface area contributed by atoms with Crippen LogP contribution in [-0.4, -0.2) is 35.4 Å². The summed E-state index contributed by atoms with van der Waals surface area (Å²) in [6.07, 6.45) is -0.794. The van der Waals surface area contributed by atoms with Crippen molar-refractivity contribution in [2.75, 3.05) is 19.6 Å². The third-order valence-corrected chi connectivity index (χ3v) is 4.90. The molecule has 1 aliphatic heterocycles. The number of rotatable bonds is 4. The van der Waals surface area contributed by atoms with Crippen molar-refractivity contribution in [3.05, 3.63) is 65.5 Å². The molecule has 28 heavy (non-hydrogen) atoms. The minimum absolute atomic E-state index is 0. The number of halogens is 4. The summed E-state index contributed by atoms with van der Waals surface area (Å²) < 4.78 is 38.8. The number of hydrogen-bond donors (Lipinski definition) is 1. The number of carbonyl (C=O) groups is 1. The molecule has 1 aliphatic rings. The van der Waals surface area contributed by atoms with Crippen LogP contribution in [0.3, 0.4) is 0 Å². The highest BCUT2D eigenvalue weighted by atomic mass is 35.5. The highest BCUT2D eigenvalue weighted by Gasteiger charge is 2.32. The second-order valence-corrected chi connectivity index (χ2v) is 6.82. The van der Waals surface area contributed by atoms with Crippen molar-refractivity contribution in [3.8, 4) is 0 Å². The van der Waals surface area contributed by atoms with Crippen molar-refractivity contribution in [2.45, 2.75) is 31.5 Å².